The number of fused-ring (bicyclic) bond motifs is 1. The van der Waals surface area contributed by atoms with E-state index < -0.39 is 60.6 Å². The number of nitrogens with two attached hydrogens (primary N) is 2. The maximum Gasteiger partial charge on any atom is 0.326 e. The molecule has 2 aromatic rings. The Bertz CT molecular complexity index is 1070. The van der Waals surface area contributed by atoms with E-state index >= 15 is 0 Å². The molecule has 0 saturated carbocycles. The van der Waals surface area contributed by atoms with Gasteiger partial charge in [0.05, 0.1) is 18.8 Å². The quantitative estimate of drug-likeness (QED) is 0.119. The summed E-state index contributed by atoms with van der Waals surface area (Å²) in [5.74, 6) is -3.88. The standard InChI is InChI=1S/C24H36N6O7/c1-13(32)20(30-22(34)19(12-31)29-21(33)16(26)7-4-5-9-25)23(35)28-18(24(36)37)10-14-11-27-17-8-3-2-6-15(14)17/h2-3,6,8,11,13,16,18-20,27,31-32H,4-5,7,9-10,12,25-26H2,1H3,(H,28,35)(H,29,33)(H,30,34)(H,36,37). The van der Waals surface area contributed by atoms with E-state index in [0.29, 0.717) is 31.4 Å². The highest BCUT2D eigenvalue weighted by Gasteiger charge is 2.32. The summed E-state index contributed by atoms with van der Waals surface area (Å²) in [6.45, 7) is 0.892. The van der Waals surface area contributed by atoms with Crippen molar-refractivity contribution in [1.29, 1.82) is 0 Å². The molecule has 1 heterocycles. The van der Waals surface area contributed by atoms with Gasteiger partial charge in [0, 0.05) is 23.5 Å². The summed E-state index contributed by atoms with van der Waals surface area (Å²) >= 11 is 0. The molecule has 11 N–H and O–H groups in total. The van der Waals surface area contributed by atoms with Crippen molar-refractivity contribution in [2.75, 3.05) is 13.2 Å². The van der Waals surface area contributed by atoms with Crippen LogP contribution in [0.3, 0.4) is 0 Å². The summed E-state index contributed by atoms with van der Waals surface area (Å²) in [4.78, 5) is 52.7. The van der Waals surface area contributed by atoms with E-state index in [1.54, 1.807) is 12.3 Å². The third-order valence-corrected chi connectivity index (χ3v) is 5.90. The molecule has 37 heavy (non-hydrogen) atoms. The minimum Gasteiger partial charge on any atom is -0.480 e. The summed E-state index contributed by atoms with van der Waals surface area (Å²) in [6, 6.07) is 1.99. The van der Waals surface area contributed by atoms with Gasteiger partial charge in [-0.05, 0) is 37.9 Å². The molecule has 3 amide bonds. The number of aliphatic hydroxyl groups is 2. The normalized spacial score (nSPS) is 15.3. The summed E-state index contributed by atoms with van der Waals surface area (Å²) in [5.41, 5.74) is 12.7. The Morgan fingerprint density at radius 1 is 1.00 bits per heavy atom. The van der Waals surface area contributed by atoms with Gasteiger partial charge in [0.2, 0.25) is 17.7 Å². The second-order valence-electron chi connectivity index (χ2n) is 8.82. The molecule has 5 atom stereocenters. The second kappa shape index (κ2) is 14.3. The third-order valence-electron chi connectivity index (χ3n) is 5.90. The van der Waals surface area contributed by atoms with E-state index in [0.717, 1.165) is 10.9 Å². The number of para-hydroxylation sites is 1. The maximum atomic E-state index is 12.9. The lowest BCUT2D eigenvalue weighted by atomic mass is 10.0. The van der Waals surface area contributed by atoms with Crippen LogP contribution in [0.1, 0.15) is 31.7 Å². The first-order valence-corrected chi connectivity index (χ1v) is 12.0. The SMILES string of the molecule is CC(O)C(NC(=O)C(CO)NC(=O)C(N)CCCCN)C(=O)NC(Cc1c[nH]c2ccccc12)C(=O)O. The number of H-pyrrole nitrogens is 1. The number of carbonyl (C=O) groups is 4. The highest BCUT2D eigenvalue weighted by Crippen LogP contribution is 2.19. The van der Waals surface area contributed by atoms with Gasteiger partial charge in [-0.15, -0.1) is 0 Å². The molecule has 0 aliphatic rings. The van der Waals surface area contributed by atoms with Gasteiger partial charge in [0.25, 0.3) is 0 Å². The van der Waals surface area contributed by atoms with Crippen LogP contribution >= 0.6 is 0 Å². The number of amides is 3. The maximum absolute atomic E-state index is 12.9. The minimum atomic E-state index is -1.55. The molecular formula is C24H36N6O7. The van der Waals surface area contributed by atoms with Gasteiger partial charge in [0.1, 0.15) is 18.1 Å². The lowest BCUT2D eigenvalue weighted by Gasteiger charge is -2.26. The van der Waals surface area contributed by atoms with E-state index in [4.69, 9.17) is 11.5 Å². The van der Waals surface area contributed by atoms with Crippen molar-refractivity contribution in [1.82, 2.24) is 20.9 Å². The van der Waals surface area contributed by atoms with Crippen molar-refractivity contribution in [2.45, 2.75) is 62.9 Å². The van der Waals surface area contributed by atoms with Gasteiger partial charge < -0.3 is 47.7 Å². The summed E-state index contributed by atoms with van der Waals surface area (Å²) in [6.07, 6.45) is 1.79. The van der Waals surface area contributed by atoms with E-state index in [9.17, 15) is 34.5 Å². The average Bonchev–Trinajstić information content (AvgIpc) is 3.27. The largest absolute Gasteiger partial charge is 0.480 e. The van der Waals surface area contributed by atoms with E-state index in [2.05, 4.69) is 20.9 Å². The Morgan fingerprint density at radius 2 is 1.68 bits per heavy atom. The van der Waals surface area contributed by atoms with Crippen molar-refractivity contribution in [3.8, 4) is 0 Å². The molecule has 1 aromatic carbocycles. The van der Waals surface area contributed by atoms with Gasteiger partial charge in [-0.2, -0.15) is 0 Å². The topological polar surface area (TPSA) is 233 Å². The second-order valence-corrected chi connectivity index (χ2v) is 8.82. The average molecular weight is 521 g/mol. The molecule has 204 valence electrons. The molecule has 0 radical (unpaired) electrons. The number of rotatable bonds is 15. The first kappa shape index (κ1) is 29.7. The summed E-state index contributed by atoms with van der Waals surface area (Å²) < 4.78 is 0. The molecule has 13 heteroatoms. The number of carboxylic acids is 1. The van der Waals surface area contributed by atoms with Gasteiger partial charge >= 0.3 is 5.97 Å². The first-order chi connectivity index (χ1) is 17.6. The number of nitrogens with one attached hydrogen (secondary N) is 4. The highest BCUT2D eigenvalue weighted by atomic mass is 16.4. The molecule has 0 fully saturated rings. The van der Waals surface area contributed by atoms with E-state index in [-0.39, 0.29) is 6.42 Å². The molecule has 0 aliphatic carbocycles. The zero-order valence-corrected chi connectivity index (χ0v) is 20.6. The lowest BCUT2D eigenvalue weighted by molar-refractivity contribution is -0.143. The van der Waals surface area contributed by atoms with Crippen molar-refractivity contribution >= 4 is 34.6 Å². The zero-order chi connectivity index (χ0) is 27.5. The van der Waals surface area contributed by atoms with Crippen LogP contribution in [0.5, 0.6) is 0 Å². The Labute approximate surface area is 214 Å². The Kier molecular flexibility index (Phi) is 11.5. The molecule has 0 saturated heterocycles. The van der Waals surface area contributed by atoms with Crippen molar-refractivity contribution in [3.63, 3.8) is 0 Å². The predicted octanol–water partition coefficient (Wildman–Crippen LogP) is -1.92. The van der Waals surface area contributed by atoms with Crippen LogP contribution in [0.25, 0.3) is 10.9 Å². The number of carboxylic acid groups (broad SMARTS) is 1. The number of carbonyl (C=O) groups excluding carboxylic acids is 3. The molecule has 0 aliphatic heterocycles. The van der Waals surface area contributed by atoms with Crippen LogP contribution in [-0.4, -0.2) is 87.4 Å². The van der Waals surface area contributed by atoms with Gasteiger partial charge in [-0.3, -0.25) is 14.4 Å². The Balaban J connectivity index is 2.05. The molecule has 0 spiro atoms. The summed E-state index contributed by atoms with van der Waals surface area (Å²) in [5, 5.41) is 37.1. The van der Waals surface area contributed by atoms with Crippen LogP contribution < -0.4 is 27.4 Å². The van der Waals surface area contributed by atoms with Crippen LogP contribution in [0.4, 0.5) is 0 Å². The fraction of sp³-hybridized carbons (Fsp3) is 0.500. The van der Waals surface area contributed by atoms with Crippen LogP contribution in [0, 0.1) is 0 Å². The van der Waals surface area contributed by atoms with Crippen LogP contribution in [-0.2, 0) is 25.6 Å². The zero-order valence-electron chi connectivity index (χ0n) is 20.6. The fourth-order valence-electron chi connectivity index (χ4n) is 3.75. The minimum absolute atomic E-state index is 0.0526. The number of aliphatic hydroxyl groups excluding tert-OH is 2. The number of hydrogen-bond acceptors (Lipinski definition) is 8. The van der Waals surface area contributed by atoms with Crippen LogP contribution in [0.15, 0.2) is 30.5 Å². The third kappa shape index (κ3) is 8.53. The predicted molar refractivity (Wildman–Crippen MR) is 135 cm³/mol. The van der Waals surface area contributed by atoms with Crippen LogP contribution in [0.2, 0.25) is 0 Å². The van der Waals surface area contributed by atoms with Crippen molar-refractivity contribution in [2.24, 2.45) is 11.5 Å². The van der Waals surface area contributed by atoms with Crippen molar-refractivity contribution in [3.05, 3.63) is 36.0 Å². The number of aromatic nitrogens is 1. The van der Waals surface area contributed by atoms with Gasteiger partial charge in [0.15, 0.2) is 0 Å². The number of benzene rings is 1. The van der Waals surface area contributed by atoms with Gasteiger partial charge in [-0.25, -0.2) is 4.79 Å². The molecule has 1 aromatic heterocycles. The molecule has 5 unspecified atom stereocenters. The summed E-state index contributed by atoms with van der Waals surface area (Å²) in [7, 11) is 0. The van der Waals surface area contributed by atoms with E-state index in [1.807, 2.05) is 18.2 Å². The molecule has 0 bridgehead atoms. The number of unbranched alkanes of at least 4 members (excludes halogenated alkanes) is 1. The number of aliphatic carboxylic acids is 1. The molecule has 2 rings (SSSR count). The number of hydrogen-bond donors (Lipinski definition) is 9. The highest BCUT2D eigenvalue weighted by molar-refractivity contribution is 5.94. The fourth-order valence-corrected chi connectivity index (χ4v) is 3.75. The molecule has 13 nitrogen and oxygen atoms in total. The smallest absolute Gasteiger partial charge is 0.326 e. The Morgan fingerprint density at radius 3 is 2.30 bits per heavy atom. The van der Waals surface area contributed by atoms with E-state index in [1.165, 1.54) is 6.92 Å². The number of aromatic amines is 1. The monoisotopic (exact) mass is 520 g/mol. The lowest BCUT2D eigenvalue weighted by Crippen LogP contribution is -2.60. The van der Waals surface area contributed by atoms with Crippen molar-refractivity contribution < 1.29 is 34.5 Å². The molecular weight excluding hydrogens is 484 g/mol. The first-order valence-electron chi connectivity index (χ1n) is 12.0. The Hall–Kier alpha value is -3.52. The van der Waals surface area contributed by atoms with Gasteiger partial charge in [-0.1, -0.05) is 24.6 Å².